The van der Waals surface area contributed by atoms with Crippen molar-refractivity contribution in [1.82, 2.24) is 9.47 Å². The summed E-state index contributed by atoms with van der Waals surface area (Å²) in [6.07, 6.45) is 1.74. The van der Waals surface area contributed by atoms with E-state index in [2.05, 4.69) is 0 Å². The first-order valence-corrected chi connectivity index (χ1v) is 7.20. The van der Waals surface area contributed by atoms with Crippen LogP contribution in [0.5, 0.6) is 0 Å². The van der Waals surface area contributed by atoms with E-state index in [1.165, 1.54) is 15.9 Å². The van der Waals surface area contributed by atoms with Crippen LogP contribution >= 0.6 is 11.3 Å². The van der Waals surface area contributed by atoms with Gasteiger partial charge in [0, 0.05) is 35.9 Å². The van der Waals surface area contributed by atoms with Gasteiger partial charge in [-0.05, 0) is 26.8 Å². The minimum absolute atomic E-state index is 0.0444. The van der Waals surface area contributed by atoms with Crippen LogP contribution in [0, 0.1) is 6.92 Å². The van der Waals surface area contributed by atoms with E-state index < -0.39 is 0 Å². The van der Waals surface area contributed by atoms with Crippen LogP contribution in [-0.2, 0) is 7.05 Å². The van der Waals surface area contributed by atoms with Gasteiger partial charge in [-0.2, -0.15) is 0 Å². The molecule has 0 aliphatic carbocycles. The highest BCUT2D eigenvalue weighted by Gasteiger charge is 2.22. The van der Waals surface area contributed by atoms with Gasteiger partial charge in [-0.3, -0.25) is 9.59 Å². The average Bonchev–Trinajstić information content (AvgIpc) is 2.72. The van der Waals surface area contributed by atoms with Crippen molar-refractivity contribution in [2.24, 2.45) is 7.05 Å². The Morgan fingerprint density at radius 3 is 2.58 bits per heavy atom. The summed E-state index contributed by atoms with van der Waals surface area (Å²) in [6, 6.07) is 1.90. The molecule has 1 amide bonds. The van der Waals surface area contributed by atoms with Gasteiger partial charge in [0.25, 0.3) is 11.5 Å². The quantitative estimate of drug-likeness (QED) is 0.865. The van der Waals surface area contributed by atoms with E-state index in [1.807, 2.05) is 26.8 Å². The second kappa shape index (κ2) is 5.17. The first-order valence-electron chi connectivity index (χ1n) is 6.39. The molecule has 102 valence electrons. The van der Waals surface area contributed by atoms with Gasteiger partial charge >= 0.3 is 0 Å². The Morgan fingerprint density at radius 1 is 1.37 bits per heavy atom. The maximum absolute atomic E-state index is 12.6. The van der Waals surface area contributed by atoms with E-state index in [-0.39, 0.29) is 11.5 Å². The number of nitrogens with zero attached hydrogens (tertiary/aromatic N) is 2. The van der Waals surface area contributed by atoms with Crippen molar-refractivity contribution < 1.29 is 4.79 Å². The molecule has 2 aromatic heterocycles. The topological polar surface area (TPSA) is 42.3 Å². The Hall–Kier alpha value is -1.62. The number of aromatic nitrogens is 1. The number of fused-ring (bicyclic) bond motifs is 1. The first-order chi connectivity index (χ1) is 9.01. The lowest BCUT2D eigenvalue weighted by Crippen LogP contribution is -2.31. The summed E-state index contributed by atoms with van der Waals surface area (Å²) >= 11 is 1.51. The molecule has 0 atom stereocenters. The van der Waals surface area contributed by atoms with Gasteiger partial charge in [-0.15, -0.1) is 11.3 Å². The molecule has 2 aromatic rings. The van der Waals surface area contributed by atoms with Crippen LogP contribution in [0.15, 0.2) is 17.1 Å². The molecule has 0 fully saturated rings. The Labute approximate surface area is 116 Å². The van der Waals surface area contributed by atoms with Crippen molar-refractivity contribution in [2.75, 3.05) is 13.1 Å². The molecule has 0 unspecified atom stereocenters. The molecule has 5 heteroatoms. The lowest BCUT2D eigenvalue weighted by atomic mass is 10.1. The summed E-state index contributed by atoms with van der Waals surface area (Å²) < 4.78 is 2.41. The Bertz CT molecular complexity index is 681. The molecule has 0 aliphatic heterocycles. The second-order valence-electron chi connectivity index (χ2n) is 4.48. The monoisotopic (exact) mass is 278 g/mol. The second-order valence-corrected chi connectivity index (χ2v) is 5.74. The third-order valence-corrected chi connectivity index (χ3v) is 4.43. The number of carbonyl (C=O) groups is 1. The van der Waals surface area contributed by atoms with E-state index in [1.54, 1.807) is 18.1 Å². The fourth-order valence-electron chi connectivity index (χ4n) is 2.25. The highest BCUT2D eigenvalue weighted by molar-refractivity contribution is 7.19. The normalized spacial score (nSPS) is 10.9. The molecule has 19 heavy (non-hydrogen) atoms. The molecule has 0 aromatic carbocycles. The SMILES string of the molecule is CCN(CC)C(=O)c1c(C)sc2ccn(C)c(=O)c12. The van der Waals surface area contributed by atoms with Crippen LogP contribution in [0.25, 0.3) is 10.1 Å². The molecular formula is C14H18N2O2S. The Morgan fingerprint density at radius 2 is 2.00 bits per heavy atom. The van der Waals surface area contributed by atoms with Crippen molar-refractivity contribution in [3.63, 3.8) is 0 Å². The van der Waals surface area contributed by atoms with E-state index in [0.717, 1.165) is 9.58 Å². The summed E-state index contributed by atoms with van der Waals surface area (Å²) in [7, 11) is 1.71. The maximum Gasteiger partial charge on any atom is 0.259 e. The number of hydrogen-bond acceptors (Lipinski definition) is 3. The standard InChI is InChI=1S/C14H18N2O2S/c1-5-16(6-2)14(18)11-9(3)19-10-7-8-15(4)13(17)12(10)11/h7-8H,5-6H2,1-4H3. The van der Waals surface area contributed by atoms with Gasteiger partial charge in [0.2, 0.25) is 0 Å². The summed E-state index contributed by atoms with van der Waals surface area (Å²) in [5.41, 5.74) is 0.474. The maximum atomic E-state index is 12.6. The van der Waals surface area contributed by atoms with Crippen molar-refractivity contribution in [1.29, 1.82) is 0 Å². The molecule has 2 heterocycles. The predicted molar refractivity (Wildman–Crippen MR) is 79.1 cm³/mol. The highest BCUT2D eigenvalue weighted by Crippen LogP contribution is 2.29. The van der Waals surface area contributed by atoms with Crippen molar-refractivity contribution in [3.05, 3.63) is 33.1 Å². The van der Waals surface area contributed by atoms with Crippen LogP contribution < -0.4 is 5.56 Å². The highest BCUT2D eigenvalue weighted by atomic mass is 32.1. The molecule has 0 aliphatic rings. The van der Waals surface area contributed by atoms with Crippen LogP contribution in [0.3, 0.4) is 0 Å². The zero-order valence-corrected chi connectivity index (χ0v) is 12.5. The molecule has 2 rings (SSSR count). The molecule has 0 saturated carbocycles. The van der Waals surface area contributed by atoms with Crippen molar-refractivity contribution >= 4 is 27.3 Å². The molecule has 0 N–H and O–H groups in total. The summed E-state index contributed by atoms with van der Waals surface area (Å²) in [4.78, 5) is 27.5. The average molecular weight is 278 g/mol. The lowest BCUT2D eigenvalue weighted by molar-refractivity contribution is 0.0774. The zero-order valence-electron chi connectivity index (χ0n) is 11.7. The molecule has 0 saturated heterocycles. The van der Waals surface area contributed by atoms with Crippen LogP contribution in [0.4, 0.5) is 0 Å². The van der Waals surface area contributed by atoms with E-state index >= 15 is 0 Å². The van der Waals surface area contributed by atoms with Crippen LogP contribution in [0.1, 0.15) is 29.1 Å². The summed E-state index contributed by atoms with van der Waals surface area (Å²) in [5.74, 6) is -0.0444. The Kier molecular flexibility index (Phi) is 3.75. The number of amides is 1. The van der Waals surface area contributed by atoms with Crippen LogP contribution in [-0.4, -0.2) is 28.5 Å². The Balaban J connectivity index is 2.73. The first kappa shape index (κ1) is 13.8. The molecule has 4 nitrogen and oxygen atoms in total. The summed E-state index contributed by atoms with van der Waals surface area (Å²) in [6.45, 7) is 7.10. The fourth-order valence-corrected chi connectivity index (χ4v) is 3.29. The number of hydrogen-bond donors (Lipinski definition) is 0. The van der Waals surface area contributed by atoms with E-state index in [9.17, 15) is 9.59 Å². The molecule has 0 bridgehead atoms. The fraction of sp³-hybridized carbons (Fsp3) is 0.429. The number of carbonyl (C=O) groups excluding carboxylic acids is 1. The number of aryl methyl sites for hydroxylation is 2. The number of pyridine rings is 1. The lowest BCUT2D eigenvalue weighted by Gasteiger charge is -2.18. The molecule has 0 radical (unpaired) electrons. The third kappa shape index (κ3) is 2.18. The predicted octanol–water partition coefficient (Wildman–Crippen LogP) is 2.39. The van der Waals surface area contributed by atoms with Crippen molar-refractivity contribution in [2.45, 2.75) is 20.8 Å². The van der Waals surface area contributed by atoms with E-state index in [0.29, 0.717) is 24.0 Å². The zero-order chi connectivity index (χ0) is 14.2. The van der Waals surface area contributed by atoms with Crippen LogP contribution in [0.2, 0.25) is 0 Å². The van der Waals surface area contributed by atoms with Gasteiger partial charge in [-0.25, -0.2) is 0 Å². The summed E-state index contributed by atoms with van der Waals surface area (Å²) in [5, 5.41) is 0.560. The van der Waals surface area contributed by atoms with Gasteiger partial charge < -0.3 is 9.47 Å². The third-order valence-electron chi connectivity index (χ3n) is 3.36. The van der Waals surface area contributed by atoms with Gasteiger partial charge in [0.15, 0.2) is 0 Å². The molecule has 0 spiro atoms. The van der Waals surface area contributed by atoms with Gasteiger partial charge in [-0.1, -0.05) is 0 Å². The van der Waals surface area contributed by atoms with E-state index in [4.69, 9.17) is 0 Å². The smallest absolute Gasteiger partial charge is 0.259 e. The minimum atomic E-state index is -0.0997. The minimum Gasteiger partial charge on any atom is -0.339 e. The van der Waals surface area contributed by atoms with Gasteiger partial charge in [0.05, 0.1) is 10.9 Å². The number of thiophene rings is 1. The number of rotatable bonds is 3. The molecular weight excluding hydrogens is 260 g/mol. The van der Waals surface area contributed by atoms with Gasteiger partial charge in [0.1, 0.15) is 0 Å². The largest absolute Gasteiger partial charge is 0.339 e. The van der Waals surface area contributed by atoms with Crippen molar-refractivity contribution in [3.8, 4) is 0 Å².